The zero-order chi connectivity index (χ0) is 20.9. The Kier molecular flexibility index (Phi) is 6.38. The first-order valence-electron chi connectivity index (χ1n) is 10.9. The van der Waals surface area contributed by atoms with Crippen LogP contribution in [0.5, 0.6) is 11.5 Å². The van der Waals surface area contributed by atoms with E-state index in [9.17, 15) is 4.79 Å². The second-order valence-corrected chi connectivity index (χ2v) is 8.42. The van der Waals surface area contributed by atoms with Gasteiger partial charge in [0.25, 0.3) is 5.91 Å². The Morgan fingerprint density at radius 2 is 1.83 bits per heavy atom. The monoisotopic (exact) mass is 407 g/mol. The van der Waals surface area contributed by atoms with Gasteiger partial charge in [0.15, 0.2) is 18.0 Å². The zero-order valence-electron chi connectivity index (χ0n) is 17.8. The molecule has 0 spiro atoms. The Hall–Kier alpha value is -2.79. The fourth-order valence-corrected chi connectivity index (χ4v) is 4.20. The smallest absolute Gasteiger partial charge is 0.275 e. The van der Waals surface area contributed by atoms with Crippen LogP contribution in [0, 0.1) is 5.92 Å². The van der Waals surface area contributed by atoms with Crippen LogP contribution in [0.3, 0.4) is 0 Å². The third-order valence-electron chi connectivity index (χ3n) is 5.85. The lowest BCUT2D eigenvalue weighted by atomic mass is 9.95. The number of amides is 1. The summed E-state index contributed by atoms with van der Waals surface area (Å²) in [6, 6.07) is 16.4. The number of hydrogen-bond acceptors (Lipinski definition) is 3. The largest absolute Gasteiger partial charge is 0.486 e. The van der Waals surface area contributed by atoms with Crippen LogP contribution in [0.1, 0.15) is 37.4 Å². The Labute approximate surface area is 178 Å². The van der Waals surface area contributed by atoms with Crippen LogP contribution in [-0.4, -0.2) is 38.8 Å². The van der Waals surface area contributed by atoms with Crippen LogP contribution < -0.4 is 19.7 Å². The van der Waals surface area contributed by atoms with Gasteiger partial charge in [-0.1, -0.05) is 50.2 Å². The summed E-state index contributed by atoms with van der Waals surface area (Å²) in [5.41, 5.74) is 3.73. The Balaban J connectivity index is 1.37. The number of benzene rings is 2. The van der Waals surface area contributed by atoms with E-state index < -0.39 is 0 Å². The molecule has 5 nitrogen and oxygen atoms in total. The minimum Gasteiger partial charge on any atom is -0.486 e. The average molecular weight is 408 g/mol. The molecular formula is C25H31N2O3+. The van der Waals surface area contributed by atoms with Gasteiger partial charge in [-0.25, -0.2) is 0 Å². The van der Waals surface area contributed by atoms with Crippen molar-refractivity contribution in [1.29, 1.82) is 0 Å². The third kappa shape index (κ3) is 4.85. The van der Waals surface area contributed by atoms with E-state index in [1.807, 2.05) is 24.3 Å². The quantitative estimate of drug-likeness (QED) is 0.774. The number of nitrogens with one attached hydrogen (secondary N) is 2. The molecule has 5 heteroatoms. The van der Waals surface area contributed by atoms with Crippen molar-refractivity contribution in [2.45, 2.75) is 26.3 Å². The molecule has 2 atom stereocenters. The van der Waals surface area contributed by atoms with E-state index in [1.165, 1.54) is 16.0 Å². The highest BCUT2D eigenvalue weighted by atomic mass is 16.6. The van der Waals surface area contributed by atoms with Crippen molar-refractivity contribution in [3.8, 4) is 11.5 Å². The first-order valence-corrected chi connectivity index (χ1v) is 10.9. The summed E-state index contributed by atoms with van der Waals surface area (Å²) in [5.74, 6) is 1.91. The van der Waals surface area contributed by atoms with Gasteiger partial charge < -0.3 is 19.7 Å². The molecule has 0 bridgehead atoms. The number of rotatable bonds is 6. The molecule has 2 aliphatic rings. The molecule has 2 heterocycles. The molecule has 158 valence electrons. The lowest BCUT2D eigenvalue weighted by Crippen LogP contribution is -3.13. The van der Waals surface area contributed by atoms with Crippen LogP contribution in [0.15, 0.2) is 54.6 Å². The van der Waals surface area contributed by atoms with E-state index in [4.69, 9.17) is 9.47 Å². The van der Waals surface area contributed by atoms with Crippen LogP contribution in [0.25, 0.3) is 5.57 Å². The lowest BCUT2D eigenvalue weighted by molar-refractivity contribution is -0.886. The molecule has 1 unspecified atom stereocenters. The van der Waals surface area contributed by atoms with E-state index in [0.717, 1.165) is 36.6 Å². The predicted molar refractivity (Wildman–Crippen MR) is 118 cm³/mol. The normalized spacial score (nSPS) is 19.2. The molecule has 2 aromatic carbocycles. The number of quaternary nitrogens is 1. The van der Waals surface area contributed by atoms with Crippen molar-refractivity contribution >= 4 is 11.5 Å². The molecule has 2 N–H and O–H groups in total. The predicted octanol–water partition coefficient (Wildman–Crippen LogP) is 2.64. The summed E-state index contributed by atoms with van der Waals surface area (Å²) in [4.78, 5) is 14.1. The molecule has 2 aromatic rings. The summed E-state index contributed by atoms with van der Waals surface area (Å²) in [6.45, 7) is 7.75. The highest BCUT2D eigenvalue weighted by Gasteiger charge is 2.24. The van der Waals surface area contributed by atoms with Crippen LogP contribution >= 0.6 is 0 Å². The Morgan fingerprint density at radius 1 is 1.07 bits per heavy atom. The molecule has 0 radical (unpaired) electrons. The van der Waals surface area contributed by atoms with E-state index in [-0.39, 0.29) is 17.9 Å². The second-order valence-electron chi connectivity index (χ2n) is 8.42. The maximum absolute atomic E-state index is 12.8. The van der Waals surface area contributed by atoms with E-state index in [0.29, 0.717) is 19.8 Å². The van der Waals surface area contributed by atoms with Gasteiger partial charge in [-0.15, -0.1) is 0 Å². The average Bonchev–Trinajstić information content (AvgIpc) is 2.78. The highest BCUT2D eigenvalue weighted by molar-refractivity contribution is 5.77. The molecule has 0 saturated heterocycles. The van der Waals surface area contributed by atoms with Gasteiger partial charge in [-0.05, 0) is 40.8 Å². The number of hydrogen-bond donors (Lipinski definition) is 2. The van der Waals surface area contributed by atoms with Gasteiger partial charge in [0.1, 0.15) is 13.2 Å². The first kappa shape index (κ1) is 20.5. The van der Waals surface area contributed by atoms with Crippen LogP contribution in [-0.2, 0) is 4.79 Å². The maximum atomic E-state index is 12.8. The van der Waals surface area contributed by atoms with Crippen LogP contribution in [0.4, 0.5) is 0 Å². The van der Waals surface area contributed by atoms with Crippen molar-refractivity contribution in [2.24, 2.45) is 5.92 Å². The van der Waals surface area contributed by atoms with Gasteiger partial charge in [0.2, 0.25) is 0 Å². The standard InChI is InChI=1S/C25H30N2O3/c1-18(2)25(21-8-9-22-23(16-21)30-15-14-29-22)26-24(28)17-27-12-10-20(11-13-27)19-6-4-3-5-7-19/h3-10,16,18,25H,11-15,17H2,1-2H3,(H,26,28)/p+1/t25-/m0/s1. The van der Waals surface area contributed by atoms with E-state index in [2.05, 4.69) is 49.5 Å². The highest BCUT2D eigenvalue weighted by Crippen LogP contribution is 2.34. The SMILES string of the molecule is CC(C)[C@H](NC(=O)C[NH+]1CC=C(c2ccccc2)CC1)c1ccc2c(c1)OCCO2. The molecular weight excluding hydrogens is 376 g/mol. The van der Waals surface area contributed by atoms with E-state index in [1.54, 1.807) is 0 Å². The van der Waals surface area contributed by atoms with Crippen molar-refractivity contribution in [2.75, 3.05) is 32.8 Å². The fraction of sp³-hybridized carbons (Fsp3) is 0.400. The number of fused-ring (bicyclic) bond motifs is 1. The van der Waals surface area contributed by atoms with Gasteiger partial charge in [0, 0.05) is 6.42 Å². The maximum Gasteiger partial charge on any atom is 0.275 e. The molecule has 0 aromatic heterocycles. The molecule has 0 aliphatic carbocycles. The molecule has 1 amide bonds. The molecule has 0 saturated carbocycles. The first-order chi connectivity index (χ1) is 14.6. The van der Waals surface area contributed by atoms with Crippen molar-refractivity contribution in [1.82, 2.24) is 5.32 Å². The van der Waals surface area contributed by atoms with Gasteiger partial charge in [-0.3, -0.25) is 4.79 Å². The Morgan fingerprint density at radius 3 is 2.53 bits per heavy atom. The summed E-state index contributed by atoms with van der Waals surface area (Å²) in [7, 11) is 0. The minimum atomic E-state index is -0.0482. The molecule has 30 heavy (non-hydrogen) atoms. The van der Waals surface area contributed by atoms with Gasteiger partial charge in [-0.2, -0.15) is 0 Å². The summed E-state index contributed by atoms with van der Waals surface area (Å²) < 4.78 is 11.3. The molecule has 2 aliphatic heterocycles. The van der Waals surface area contributed by atoms with Crippen molar-refractivity contribution in [3.63, 3.8) is 0 Å². The summed E-state index contributed by atoms with van der Waals surface area (Å²) >= 11 is 0. The second kappa shape index (κ2) is 9.35. The minimum absolute atomic E-state index is 0.0482. The topological polar surface area (TPSA) is 52.0 Å². The zero-order valence-corrected chi connectivity index (χ0v) is 17.8. The Bertz CT molecular complexity index is 908. The molecule has 4 rings (SSSR count). The lowest BCUT2D eigenvalue weighted by Gasteiger charge is -2.27. The van der Waals surface area contributed by atoms with Crippen molar-refractivity contribution in [3.05, 3.63) is 65.7 Å². The number of carbonyl (C=O) groups is 1. The fourth-order valence-electron chi connectivity index (χ4n) is 4.20. The summed E-state index contributed by atoms with van der Waals surface area (Å²) in [6.07, 6.45) is 3.28. The molecule has 0 fully saturated rings. The van der Waals surface area contributed by atoms with Gasteiger partial charge >= 0.3 is 0 Å². The summed E-state index contributed by atoms with van der Waals surface area (Å²) in [5, 5.41) is 3.25. The third-order valence-corrected chi connectivity index (χ3v) is 5.85. The number of carbonyl (C=O) groups excluding carboxylic acids is 1. The number of ether oxygens (including phenoxy) is 2. The van der Waals surface area contributed by atoms with Crippen LogP contribution in [0.2, 0.25) is 0 Å². The van der Waals surface area contributed by atoms with Crippen molar-refractivity contribution < 1.29 is 19.2 Å². The van der Waals surface area contributed by atoms with E-state index >= 15 is 0 Å². The van der Waals surface area contributed by atoms with Gasteiger partial charge in [0.05, 0.1) is 19.1 Å².